The van der Waals surface area contributed by atoms with Crippen LogP contribution in [0.5, 0.6) is 0 Å². The second-order valence-electron chi connectivity index (χ2n) is 5.80. The summed E-state index contributed by atoms with van der Waals surface area (Å²) in [7, 11) is 0. The molecule has 0 fully saturated rings. The minimum absolute atomic E-state index is 0.128. The normalized spacial score (nSPS) is 10.8. The van der Waals surface area contributed by atoms with Gasteiger partial charge in [-0.15, -0.1) is 0 Å². The first-order chi connectivity index (χ1) is 12.7. The van der Waals surface area contributed by atoms with Crippen molar-refractivity contribution in [3.63, 3.8) is 0 Å². The lowest BCUT2D eigenvalue weighted by molar-refractivity contribution is 0.0994. The van der Waals surface area contributed by atoms with E-state index in [-0.39, 0.29) is 23.8 Å². The lowest BCUT2D eigenvalue weighted by atomic mass is 10.2. The predicted molar refractivity (Wildman–Crippen MR) is 98.2 cm³/mol. The zero-order valence-electron chi connectivity index (χ0n) is 13.8. The number of para-hydroxylation sites is 1. The number of hydrogen-bond donors (Lipinski definition) is 1. The molecule has 26 heavy (non-hydrogen) atoms. The lowest BCUT2D eigenvalue weighted by Crippen LogP contribution is -2.18. The Labute approximate surface area is 148 Å². The third-order valence-corrected chi connectivity index (χ3v) is 3.96. The molecule has 4 rings (SSSR count). The number of fused-ring (bicyclic) bond motifs is 1. The summed E-state index contributed by atoms with van der Waals surface area (Å²) >= 11 is 0. The Morgan fingerprint density at radius 1 is 1.08 bits per heavy atom. The highest BCUT2D eigenvalue weighted by atomic mass is 16.4. The summed E-state index contributed by atoms with van der Waals surface area (Å²) in [5, 5.41) is 3.71. The summed E-state index contributed by atoms with van der Waals surface area (Å²) in [5.41, 5.74) is 1.32. The van der Waals surface area contributed by atoms with Gasteiger partial charge in [0.2, 0.25) is 0 Å². The highest BCUT2D eigenvalue weighted by molar-refractivity contribution is 6.03. The fourth-order valence-electron chi connectivity index (χ4n) is 2.68. The van der Waals surface area contributed by atoms with Gasteiger partial charge in [0.25, 0.3) is 11.5 Å². The van der Waals surface area contributed by atoms with Gasteiger partial charge in [-0.25, -0.2) is 0 Å². The first kappa shape index (κ1) is 15.8. The molecule has 4 aromatic rings. The van der Waals surface area contributed by atoms with Crippen LogP contribution < -0.4 is 10.9 Å². The molecule has 0 unspecified atom stereocenters. The van der Waals surface area contributed by atoms with Gasteiger partial charge in [0.05, 0.1) is 23.9 Å². The van der Waals surface area contributed by atoms with Crippen LogP contribution in [0.4, 0.5) is 5.69 Å². The van der Waals surface area contributed by atoms with Crippen LogP contribution >= 0.6 is 0 Å². The number of hydrogen-bond acceptors (Lipinski definition) is 4. The summed E-state index contributed by atoms with van der Waals surface area (Å²) in [6.45, 7) is 0.268. The molecule has 3 aromatic heterocycles. The molecule has 6 nitrogen and oxygen atoms in total. The maximum atomic E-state index is 12.4. The summed E-state index contributed by atoms with van der Waals surface area (Å²) in [4.78, 5) is 28.4. The van der Waals surface area contributed by atoms with E-state index in [2.05, 4.69) is 10.3 Å². The highest BCUT2D eigenvalue weighted by Crippen LogP contribution is 2.17. The number of rotatable bonds is 4. The van der Waals surface area contributed by atoms with Gasteiger partial charge >= 0.3 is 0 Å². The topological polar surface area (TPSA) is 77.1 Å². The fraction of sp³-hybridized carbons (Fsp3) is 0.0500. The van der Waals surface area contributed by atoms with Crippen molar-refractivity contribution in [3.8, 4) is 0 Å². The number of amides is 1. The molecule has 128 valence electrons. The van der Waals surface area contributed by atoms with E-state index < -0.39 is 0 Å². The molecular weight excluding hydrogens is 330 g/mol. The molecule has 6 heteroatoms. The number of pyridine rings is 2. The zero-order chi connectivity index (χ0) is 17.9. The van der Waals surface area contributed by atoms with Crippen LogP contribution in [0.3, 0.4) is 0 Å². The minimum Gasteiger partial charge on any atom is -0.454 e. The van der Waals surface area contributed by atoms with E-state index in [4.69, 9.17) is 4.42 Å². The SMILES string of the molecule is O=C(Nc1cnc2ccccc2c1)c1ccc(Cn2ccccc2=O)o1. The Kier molecular flexibility index (Phi) is 4.07. The second kappa shape index (κ2) is 6.68. The maximum absolute atomic E-state index is 12.4. The smallest absolute Gasteiger partial charge is 0.291 e. The quantitative estimate of drug-likeness (QED) is 0.616. The molecule has 1 N–H and O–H groups in total. The Balaban J connectivity index is 1.50. The molecule has 0 atom stereocenters. The number of aromatic nitrogens is 2. The molecule has 0 saturated carbocycles. The van der Waals surface area contributed by atoms with E-state index in [9.17, 15) is 9.59 Å². The van der Waals surface area contributed by atoms with Crippen LogP contribution in [0.2, 0.25) is 0 Å². The van der Waals surface area contributed by atoms with E-state index in [0.29, 0.717) is 11.4 Å². The Hall–Kier alpha value is -3.67. The van der Waals surface area contributed by atoms with Gasteiger partial charge in [-0.3, -0.25) is 14.6 Å². The van der Waals surface area contributed by atoms with Crippen molar-refractivity contribution in [1.29, 1.82) is 0 Å². The van der Waals surface area contributed by atoms with Crippen LogP contribution in [0.1, 0.15) is 16.3 Å². The van der Waals surface area contributed by atoms with Crippen molar-refractivity contribution >= 4 is 22.5 Å². The monoisotopic (exact) mass is 345 g/mol. The van der Waals surface area contributed by atoms with Gasteiger partial charge in [0.15, 0.2) is 5.76 Å². The predicted octanol–water partition coefficient (Wildman–Crippen LogP) is 3.29. The van der Waals surface area contributed by atoms with E-state index in [1.165, 1.54) is 10.6 Å². The van der Waals surface area contributed by atoms with Gasteiger partial charge in [0, 0.05) is 17.6 Å². The number of nitrogens with zero attached hydrogens (tertiary/aromatic N) is 2. The Morgan fingerprint density at radius 3 is 2.81 bits per heavy atom. The molecule has 0 aliphatic carbocycles. The van der Waals surface area contributed by atoms with Gasteiger partial charge in [-0.05, 0) is 30.3 Å². The third-order valence-electron chi connectivity index (χ3n) is 3.96. The number of furan rings is 1. The average molecular weight is 345 g/mol. The minimum atomic E-state index is -0.367. The van der Waals surface area contributed by atoms with Crippen molar-refractivity contribution in [3.05, 3.63) is 94.9 Å². The van der Waals surface area contributed by atoms with Crippen LogP contribution in [0.15, 0.2) is 82.3 Å². The molecule has 0 saturated heterocycles. The standard InChI is InChI=1S/C20H15N3O3/c24-19-7-3-4-10-23(19)13-16-8-9-18(26-16)20(25)22-15-11-14-5-1-2-6-17(14)21-12-15/h1-12H,13H2,(H,22,25). The molecule has 0 spiro atoms. The molecule has 3 heterocycles. The van der Waals surface area contributed by atoms with Crippen molar-refractivity contribution < 1.29 is 9.21 Å². The van der Waals surface area contributed by atoms with Crippen LogP contribution in [-0.2, 0) is 6.54 Å². The van der Waals surface area contributed by atoms with Crippen molar-refractivity contribution in [1.82, 2.24) is 9.55 Å². The molecule has 1 amide bonds. The number of nitrogens with one attached hydrogen (secondary N) is 1. The molecular formula is C20H15N3O3. The first-order valence-corrected chi connectivity index (χ1v) is 8.09. The van der Waals surface area contributed by atoms with E-state index >= 15 is 0 Å². The van der Waals surface area contributed by atoms with Crippen molar-refractivity contribution in [2.24, 2.45) is 0 Å². The van der Waals surface area contributed by atoms with Crippen LogP contribution in [0.25, 0.3) is 10.9 Å². The summed E-state index contributed by atoms with van der Waals surface area (Å²) in [6, 6.07) is 17.7. The lowest BCUT2D eigenvalue weighted by Gasteiger charge is -2.05. The fourth-order valence-corrected chi connectivity index (χ4v) is 2.68. The van der Waals surface area contributed by atoms with Crippen molar-refractivity contribution in [2.75, 3.05) is 5.32 Å². The molecule has 0 radical (unpaired) electrons. The number of carbonyl (C=O) groups is 1. The second-order valence-corrected chi connectivity index (χ2v) is 5.80. The molecule has 0 aliphatic rings. The van der Waals surface area contributed by atoms with Gasteiger partial charge in [-0.2, -0.15) is 0 Å². The van der Waals surface area contributed by atoms with E-state index in [0.717, 1.165) is 10.9 Å². The zero-order valence-corrected chi connectivity index (χ0v) is 13.8. The van der Waals surface area contributed by atoms with Crippen LogP contribution in [0, 0.1) is 0 Å². The van der Waals surface area contributed by atoms with E-state index in [1.807, 2.05) is 30.3 Å². The number of benzene rings is 1. The maximum Gasteiger partial charge on any atom is 0.291 e. The largest absolute Gasteiger partial charge is 0.454 e. The van der Waals surface area contributed by atoms with Crippen molar-refractivity contribution in [2.45, 2.75) is 6.54 Å². The average Bonchev–Trinajstić information content (AvgIpc) is 3.12. The van der Waals surface area contributed by atoms with Crippen LogP contribution in [-0.4, -0.2) is 15.5 Å². The molecule has 0 aliphatic heterocycles. The summed E-state index contributed by atoms with van der Waals surface area (Å²) < 4.78 is 7.08. The number of carbonyl (C=O) groups excluding carboxylic acids is 1. The van der Waals surface area contributed by atoms with Gasteiger partial charge in [0.1, 0.15) is 5.76 Å². The Bertz CT molecular complexity index is 1140. The third kappa shape index (κ3) is 3.25. The van der Waals surface area contributed by atoms with E-state index in [1.54, 1.807) is 36.7 Å². The Morgan fingerprint density at radius 2 is 1.92 bits per heavy atom. The van der Waals surface area contributed by atoms with Gasteiger partial charge < -0.3 is 14.3 Å². The molecule has 0 bridgehead atoms. The highest BCUT2D eigenvalue weighted by Gasteiger charge is 2.12. The molecule has 1 aromatic carbocycles. The first-order valence-electron chi connectivity index (χ1n) is 8.09. The van der Waals surface area contributed by atoms with Gasteiger partial charge in [-0.1, -0.05) is 24.3 Å². The summed E-state index contributed by atoms with van der Waals surface area (Å²) in [5.74, 6) is 0.339. The number of anilines is 1. The summed E-state index contributed by atoms with van der Waals surface area (Å²) in [6.07, 6.45) is 3.28.